The standard InChI is InChI=1S/C17H17Cl2N3O3S.ClH/c1-22-5-4-10-13(7-22)26-17(15(10)16(20)24)21-14(23)8-25-12-3-2-9(18)6-11(12)19;/h2-3,6H,4-5,7-8H2,1H3,(H2,20,24)(H,21,23);1H. The zero-order valence-corrected chi connectivity index (χ0v) is 17.5. The van der Waals surface area contributed by atoms with Crippen LogP contribution >= 0.6 is 46.9 Å². The number of hydrogen-bond acceptors (Lipinski definition) is 5. The van der Waals surface area contributed by atoms with E-state index in [1.165, 1.54) is 17.4 Å². The van der Waals surface area contributed by atoms with E-state index in [0.717, 1.165) is 30.0 Å². The quantitative estimate of drug-likeness (QED) is 0.729. The molecular formula is C17H18Cl3N3O3S. The Labute approximate surface area is 177 Å². The molecule has 2 amide bonds. The first-order chi connectivity index (χ1) is 12.3. The van der Waals surface area contributed by atoms with Crippen molar-refractivity contribution in [3.05, 3.63) is 44.2 Å². The Morgan fingerprint density at radius 1 is 1.37 bits per heavy atom. The molecule has 146 valence electrons. The van der Waals surface area contributed by atoms with Gasteiger partial charge in [0.15, 0.2) is 6.61 Å². The maximum absolute atomic E-state index is 12.3. The van der Waals surface area contributed by atoms with Crippen molar-refractivity contribution in [1.29, 1.82) is 0 Å². The first kappa shape index (κ1) is 21.8. The smallest absolute Gasteiger partial charge is 0.262 e. The van der Waals surface area contributed by atoms with Gasteiger partial charge in [0.05, 0.1) is 10.6 Å². The minimum Gasteiger partial charge on any atom is -0.482 e. The van der Waals surface area contributed by atoms with Gasteiger partial charge in [0.25, 0.3) is 11.8 Å². The van der Waals surface area contributed by atoms with Crippen molar-refractivity contribution >= 4 is 63.8 Å². The van der Waals surface area contributed by atoms with E-state index in [0.29, 0.717) is 26.4 Å². The number of thiophene rings is 1. The van der Waals surface area contributed by atoms with E-state index in [-0.39, 0.29) is 19.0 Å². The van der Waals surface area contributed by atoms with Gasteiger partial charge >= 0.3 is 0 Å². The fraction of sp³-hybridized carbons (Fsp3) is 0.294. The van der Waals surface area contributed by atoms with E-state index in [2.05, 4.69) is 10.2 Å². The van der Waals surface area contributed by atoms with E-state index in [1.54, 1.807) is 12.1 Å². The van der Waals surface area contributed by atoms with Gasteiger partial charge in [-0.05, 0) is 37.2 Å². The lowest BCUT2D eigenvalue weighted by atomic mass is 10.0. The molecule has 1 aromatic carbocycles. The number of rotatable bonds is 5. The molecule has 27 heavy (non-hydrogen) atoms. The molecule has 0 saturated heterocycles. The first-order valence-corrected chi connectivity index (χ1v) is 9.43. The number of carbonyl (C=O) groups excluding carboxylic acids is 2. The Bertz CT molecular complexity index is 873. The summed E-state index contributed by atoms with van der Waals surface area (Å²) in [7, 11) is 2.01. The SMILES string of the molecule is CN1CCc2c(sc(NC(=O)COc3ccc(Cl)cc3Cl)c2C(N)=O)C1.Cl. The largest absolute Gasteiger partial charge is 0.482 e. The van der Waals surface area contributed by atoms with Crippen LogP contribution in [0.15, 0.2) is 18.2 Å². The Kier molecular flexibility index (Phi) is 7.36. The Morgan fingerprint density at radius 2 is 2.11 bits per heavy atom. The van der Waals surface area contributed by atoms with Gasteiger partial charge in [0.1, 0.15) is 10.8 Å². The van der Waals surface area contributed by atoms with Crippen molar-refractivity contribution in [3.63, 3.8) is 0 Å². The van der Waals surface area contributed by atoms with Crippen LogP contribution in [0.5, 0.6) is 5.75 Å². The summed E-state index contributed by atoms with van der Waals surface area (Å²) in [5.41, 5.74) is 6.86. The van der Waals surface area contributed by atoms with Crippen LogP contribution in [0.2, 0.25) is 10.0 Å². The minimum atomic E-state index is -0.538. The summed E-state index contributed by atoms with van der Waals surface area (Å²) in [6, 6.07) is 4.74. The second-order valence-corrected chi connectivity index (χ2v) is 7.92. The van der Waals surface area contributed by atoms with Gasteiger partial charge < -0.3 is 20.7 Å². The normalized spacial score (nSPS) is 13.4. The highest BCUT2D eigenvalue weighted by Gasteiger charge is 2.26. The van der Waals surface area contributed by atoms with Crippen LogP contribution in [0.25, 0.3) is 0 Å². The molecule has 3 rings (SSSR count). The highest BCUT2D eigenvalue weighted by atomic mass is 35.5. The summed E-state index contributed by atoms with van der Waals surface area (Å²) < 4.78 is 5.42. The molecule has 0 radical (unpaired) electrons. The van der Waals surface area contributed by atoms with Crippen LogP contribution in [-0.2, 0) is 17.8 Å². The third-order valence-electron chi connectivity index (χ3n) is 4.00. The van der Waals surface area contributed by atoms with Crippen LogP contribution in [0.3, 0.4) is 0 Å². The van der Waals surface area contributed by atoms with Crippen LogP contribution in [0.1, 0.15) is 20.8 Å². The van der Waals surface area contributed by atoms with Crippen LogP contribution in [-0.4, -0.2) is 36.9 Å². The number of likely N-dealkylation sites (N-methyl/N-ethyl adjacent to an activating group) is 1. The maximum Gasteiger partial charge on any atom is 0.262 e. The van der Waals surface area contributed by atoms with Gasteiger partial charge in [-0.1, -0.05) is 23.2 Å². The number of amides is 2. The maximum atomic E-state index is 12.3. The topological polar surface area (TPSA) is 84.7 Å². The molecule has 1 aromatic heterocycles. The average molecular weight is 451 g/mol. The predicted molar refractivity (Wildman–Crippen MR) is 111 cm³/mol. The summed E-state index contributed by atoms with van der Waals surface area (Å²) in [6.45, 7) is 1.32. The second kappa shape index (κ2) is 9.12. The van der Waals surface area contributed by atoms with Gasteiger partial charge in [-0.15, -0.1) is 23.7 Å². The molecule has 1 aliphatic rings. The third-order valence-corrected chi connectivity index (χ3v) is 5.66. The van der Waals surface area contributed by atoms with Gasteiger partial charge in [-0.2, -0.15) is 0 Å². The molecule has 10 heteroatoms. The molecule has 0 aliphatic carbocycles. The lowest BCUT2D eigenvalue weighted by Gasteiger charge is -2.22. The van der Waals surface area contributed by atoms with Crippen molar-refractivity contribution in [2.24, 2.45) is 5.73 Å². The second-order valence-electron chi connectivity index (χ2n) is 5.97. The lowest BCUT2D eigenvalue weighted by molar-refractivity contribution is -0.118. The first-order valence-electron chi connectivity index (χ1n) is 7.85. The molecule has 0 fully saturated rings. The number of benzene rings is 1. The van der Waals surface area contributed by atoms with Crippen molar-refractivity contribution in [3.8, 4) is 5.75 Å². The highest BCUT2D eigenvalue weighted by molar-refractivity contribution is 7.17. The number of carbonyl (C=O) groups is 2. The fourth-order valence-electron chi connectivity index (χ4n) is 2.78. The van der Waals surface area contributed by atoms with Gasteiger partial charge in [0.2, 0.25) is 0 Å². The molecule has 0 bridgehead atoms. The van der Waals surface area contributed by atoms with Crippen molar-refractivity contribution in [1.82, 2.24) is 4.90 Å². The number of nitrogens with zero attached hydrogens (tertiary/aromatic N) is 1. The summed E-state index contributed by atoms with van der Waals surface area (Å²) in [6.07, 6.45) is 0.730. The highest BCUT2D eigenvalue weighted by Crippen LogP contribution is 2.36. The van der Waals surface area contributed by atoms with Crippen molar-refractivity contribution in [2.75, 3.05) is 25.5 Å². The number of primary amides is 1. The molecule has 2 heterocycles. The number of nitrogens with one attached hydrogen (secondary N) is 1. The van der Waals surface area contributed by atoms with Crippen molar-refractivity contribution in [2.45, 2.75) is 13.0 Å². The van der Waals surface area contributed by atoms with E-state index in [9.17, 15) is 9.59 Å². The van der Waals surface area contributed by atoms with Crippen LogP contribution in [0, 0.1) is 0 Å². The lowest BCUT2D eigenvalue weighted by Crippen LogP contribution is -2.27. The van der Waals surface area contributed by atoms with Gasteiger partial charge in [-0.25, -0.2) is 0 Å². The Hall–Kier alpha value is -1.51. The van der Waals surface area contributed by atoms with Crippen molar-refractivity contribution < 1.29 is 14.3 Å². The van der Waals surface area contributed by atoms with Gasteiger partial charge in [-0.3, -0.25) is 9.59 Å². The summed E-state index contributed by atoms with van der Waals surface area (Å²) in [4.78, 5) is 27.3. The van der Waals surface area contributed by atoms with E-state index < -0.39 is 11.8 Å². The molecule has 0 spiro atoms. The minimum absolute atomic E-state index is 0. The third kappa shape index (κ3) is 5.06. The van der Waals surface area contributed by atoms with Gasteiger partial charge in [0, 0.05) is 23.0 Å². The molecule has 0 unspecified atom stereocenters. The zero-order valence-electron chi connectivity index (χ0n) is 14.4. The number of hydrogen-bond donors (Lipinski definition) is 2. The number of fused-ring (bicyclic) bond motifs is 1. The zero-order chi connectivity index (χ0) is 18.8. The molecule has 0 saturated carbocycles. The van der Waals surface area contributed by atoms with Crippen LogP contribution in [0.4, 0.5) is 5.00 Å². The Balaban J connectivity index is 0.00000261. The van der Waals surface area contributed by atoms with E-state index >= 15 is 0 Å². The van der Waals surface area contributed by atoms with Crippen LogP contribution < -0.4 is 15.8 Å². The molecular weight excluding hydrogens is 433 g/mol. The average Bonchev–Trinajstić information content (AvgIpc) is 2.90. The van der Waals surface area contributed by atoms with E-state index in [1.807, 2.05) is 7.05 Å². The molecule has 2 aromatic rings. The number of nitrogens with two attached hydrogens (primary N) is 1. The summed E-state index contributed by atoms with van der Waals surface area (Å²) in [5, 5.41) is 3.99. The molecule has 3 N–H and O–H groups in total. The summed E-state index contributed by atoms with van der Waals surface area (Å²) >= 11 is 13.2. The number of ether oxygens (including phenoxy) is 1. The fourth-order valence-corrected chi connectivity index (χ4v) is 4.59. The molecule has 6 nitrogen and oxygen atoms in total. The Morgan fingerprint density at radius 3 is 2.78 bits per heavy atom. The molecule has 1 aliphatic heterocycles. The summed E-state index contributed by atoms with van der Waals surface area (Å²) in [5.74, 6) is -0.581. The number of halogens is 3. The van der Waals surface area contributed by atoms with E-state index in [4.69, 9.17) is 33.7 Å². The predicted octanol–water partition coefficient (Wildman–Crippen LogP) is 3.58. The number of anilines is 1. The monoisotopic (exact) mass is 449 g/mol. The molecule has 0 atom stereocenters.